The Morgan fingerprint density at radius 2 is 1.10 bits per heavy atom. The molecule has 4 aromatic carbocycles. The maximum absolute atomic E-state index is 12.9. The molecular formula is C33H21N5O2S2. The number of carbonyl (C=O) groups is 2. The Morgan fingerprint density at radius 1 is 0.571 bits per heavy atom. The number of thiazole rings is 2. The highest BCUT2D eigenvalue weighted by Crippen LogP contribution is 2.32. The molecule has 202 valence electrons. The van der Waals surface area contributed by atoms with Crippen LogP contribution in [0.1, 0.15) is 20.8 Å². The van der Waals surface area contributed by atoms with Gasteiger partial charge in [0.2, 0.25) is 0 Å². The average Bonchev–Trinajstić information content (AvgIpc) is 3.70. The minimum Gasteiger partial charge on any atom is -0.298 e. The van der Waals surface area contributed by atoms with Crippen LogP contribution in [0.3, 0.4) is 0 Å². The zero-order chi connectivity index (χ0) is 28.5. The first-order chi connectivity index (χ1) is 20.6. The van der Waals surface area contributed by atoms with Gasteiger partial charge in [0.25, 0.3) is 11.8 Å². The molecule has 42 heavy (non-hydrogen) atoms. The molecule has 3 heterocycles. The number of aromatic nitrogens is 3. The van der Waals surface area contributed by atoms with E-state index >= 15 is 0 Å². The Bertz CT molecular complexity index is 1940. The lowest BCUT2D eigenvalue weighted by Crippen LogP contribution is -2.16. The van der Waals surface area contributed by atoms with Crippen LogP contribution in [0.25, 0.3) is 44.1 Å². The Kier molecular flexibility index (Phi) is 6.71. The fourth-order valence-corrected chi connectivity index (χ4v) is 6.21. The minimum absolute atomic E-state index is 0.181. The van der Waals surface area contributed by atoms with E-state index in [1.54, 1.807) is 6.07 Å². The van der Waals surface area contributed by atoms with E-state index in [1.807, 2.05) is 59.3 Å². The molecule has 0 aliphatic rings. The zero-order valence-corrected chi connectivity index (χ0v) is 23.6. The van der Waals surface area contributed by atoms with Gasteiger partial charge in [-0.3, -0.25) is 25.2 Å². The second-order valence-corrected chi connectivity index (χ2v) is 11.2. The molecule has 0 bridgehead atoms. The highest BCUT2D eigenvalue weighted by Gasteiger charge is 2.15. The van der Waals surface area contributed by atoms with Gasteiger partial charge < -0.3 is 0 Å². The number of fused-ring (bicyclic) bond motifs is 2. The van der Waals surface area contributed by atoms with Crippen molar-refractivity contribution in [2.45, 2.75) is 0 Å². The van der Waals surface area contributed by atoms with E-state index in [1.165, 1.54) is 34.9 Å². The Balaban J connectivity index is 1.02. The molecule has 0 aliphatic heterocycles. The van der Waals surface area contributed by atoms with Crippen LogP contribution in [0, 0.1) is 0 Å². The summed E-state index contributed by atoms with van der Waals surface area (Å²) in [7, 11) is 0. The van der Waals surface area contributed by atoms with Gasteiger partial charge in [0.15, 0.2) is 10.3 Å². The van der Waals surface area contributed by atoms with Crippen molar-refractivity contribution in [2.75, 3.05) is 10.6 Å². The van der Waals surface area contributed by atoms with Crippen LogP contribution in [0.4, 0.5) is 10.3 Å². The quantitative estimate of drug-likeness (QED) is 0.206. The second-order valence-electron chi connectivity index (χ2n) is 9.47. The number of anilines is 2. The van der Waals surface area contributed by atoms with Gasteiger partial charge in [-0.2, -0.15) is 0 Å². The summed E-state index contributed by atoms with van der Waals surface area (Å²) in [6.07, 6.45) is 1.38. The third kappa shape index (κ3) is 5.03. The molecule has 0 saturated heterocycles. The molecule has 7 nitrogen and oxygen atoms in total. The molecule has 2 N–H and O–H groups in total. The third-order valence-corrected chi connectivity index (χ3v) is 8.35. The molecule has 7 aromatic rings. The topological polar surface area (TPSA) is 96.9 Å². The fraction of sp³-hybridized carbons (Fsp3) is 0. The van der Waals surface area contributed by atoms with Crippen molar-refractivity contribution in [2.24, 2.45) is 0 Å². The van der Waals surface area contributed by atoms with Gasteiger partial charge in [-0.25, -0.2) is 9.97 Å². The van der Waals surface area contributed by atoms with Crippen molar-refractivity contribution in [3.05, 3.63) is 125 Å². The van der Waals surface area contributed by atoms with Crippen molar-refractivity contribution in [3.63, 3.8) is 0 Å². The predicted molar refractivity (Wildman–Crippen MR) is 170 cm³/mol. The number of hydrogen-bond donors (Lipinski definition) is 2. The Hall–Kier alpha value is -5.25. The van der Waals surface area contributed by atoms with Crippen molar-refractivity contribution in [1.82, 2.24) is 15.0 Å². The summed E-state index contributed by atoms with van der Waals surface area (Å²) in [4.78, 5) is 39.2. The Morgan fingerprint density at radius 3 is 1.64 bits per heavy atom. The van der Waals surface area contributed by atoms with Gasteiger partial charge in [0.05, 0.1) is 17.0 Å². The molecule has 0 radical (unpaired) electrons. The predicted octanol–water partition coefficient (Wildman–Crippen LogP) is 8.14. The first-order valence-corrected chi connectivity index (χ1v) is 14.8. The summed E-state index contributed by atoms with van der Waals surface area (Å²) in [6, 6.07) is 31.5. The van der Waals surface area contributed by atoms with Crippen LogP contribution in [0.15, 0.2) is 114 Å². The maximum atomic E-state index is 12.9. The van der Waals surface area contributed by atoms with E-state index in [-0.39, 0.29) is 11.6 Å². The lowest BCUT2D eigenvalue weighted by atomic mass is 10.0. The maximum Gasteiger partial charge on any atom is 0.276 e. The van der Waals surface area contributed by atoms with E-state index < -0.39 is 5.91 Å². The summed E-state index contributed by atoms with van der Waals surface area (Å²) in [5.41, 5.74) is 4.09. The largest absolute Gasteiger partial charge is 0.298 e. The zero-order valence-electron chi connectivity index (χ0n) is 21.9. The summed E-state index contributed by atoms with van der Waals surface area (Å²) in [6.45, 7) is 0. The lowest BCUT2D eigenvalue weighted by Gasteiger charge is -2.05. The van der Waals surface area contributed by atoms with Gasteiger partial charge in [-0.15, -0.1) is 22.7 Å². The van der Waals surface area contributed by atoms with Crippen molar-refractivity contribution < 1.29 is 9.59 Å². The summed E-state index contributed by atoms with van der Waals surface area (Å²) < 4.78 is 0. The number of amides is 2. The van der Waals surface area contributed by atoms with Crippen LogP contribution in [0.5, 0.6) is 0 Å². The number of rotatable bonds is 6. The monoisotopic (exact) mass is 583 g/mol. The highest BCUT2D eigenvalue weighted by molar-refractivity contribution is 7.14. The van der Waals surface area contributed by atoms with Gasteiger partial charge in [-0.1, -0.05) is 84.9 Å². The van der Waals surface area contributed by atoms with Crippen LogP contribution < -0.4 is 10.6 Å². The summed E-state index contributed by atoms with van der Waals surface area (Å²) in [5, 5.41) is 14.9. The van der Waals surface area contributed by atoms with Crippen LogP contribution in [-0.2, 0) is 0 Å². The number of benzene rings is 4. The van der Waals surface area contributed by atoms with Crippen molar-refractivity contribution in [3.8, 4) is 22.5 Å². The molecular weight excluding hydrogens is 563 g/mol. The van der Waals surface area contributed by atoms with E-state index in [9.17, 15) is 9.59 Å². The first-order valence-electron chi connectivity index (χ1n) is 13.1. The second kappa shape index (κ2) is 11.0. The van der Waals surface area contributed by atoms with Gasteiger partial charge in [0.1, 0.15) is 5.69 Å². The van der Waals surface area contributed by atoms with Gasteiger partial charge >= 0.3 is 0 Å². The molecule has 0 aliphatic carbocycles. The SMILES string of the molecule is O=C(Nc1nc(-c2cccc3ccccc23)cs1)c1ccc(C(=O)Nc2nc(-c3cccc4ccccc34)cs2)nc1. The fourth-order valence-electron chi connectivity index (χ4n) is 4.80. The van der Waals surface area contributed by atoms with E-state index in [4.69, 9.17) is 0 Å². The smallest absolute Gasteiger partial charge is 0.276 e. The van der Waals surface area contributed by atoms with E-state index in [0.29, 0.717) is 15.8 Å². The molecule has 2 amide bonds. The number of nitrogens with zero attached hydrogens (tertiary/aromatic N) is 3. The minimum atomic E-state index is -0.402. The van der Waals surface area contributed by atoms with Crippen LogP contribution >= 0.6 is 22.7 Å². The van der Waals surface area contributed by atoms with E-state index in [2.05, 4.69) is 62.0 Å². The molecule has 3 aromatic heterocycles. The molecule has 7 rings (SSSR count). The number of pyridine rings is 1. The van der Waals surface area contributed by atoms with Crippen molar-refractivity contribution in [1.29, 1.82) is 0 Å². The number of nitrogens with one attached hydrogen (secondary N) is 2. The normalized spacial score (nSPS) is 11.0. The highest BCUT2D eigenvalue weighted by atomic mass is 32.1. The molecule has 0 atom stereocenters. The van der Waals surface area contributed by atoms with Crippen LogP contribution in [0.2, 0.25) is 0 Å². The summed E-state index contributed by atoms with van der Waals surface area (Å²) in [5.74, 6) is -0.756. The van der Waals surface area contributed by atoms with Crippen molar-refractivity contribution >= 4 is 66.3 Å². The lowest BCUT2D eigenvalue weighted by molar-refractivity contribution is 0.101. The first kappa shape index (κ1) is 25.7. The molecule has 0 fully saturated rings. The molecule has 0 unspecified atom stereocenters. The van der Waals surface area contributed by atoms with Gasteiger partial charge in [-0.05, 0) is 33.7 Å². The number of hydrogen-bond acceptors (Lipinski definition) is 7. The van der Waals surface area contributed by atoms with Gasteiger partial charge in [0, 0.05) is 28.1 Å². The molecule has 0 saturated carbocycles. The van der Waals surface area contributed by atoms with E-state index in [0.717, 1.165) is 44.1 Å². The number of carbonyl (C=O) groups excluding carboxylic acids is 2. The molecule has 0 spiro atoms. The molecule has 9 heteroatoms. The standard InChI is InChI=1S/C33H21N5O2S2/c39-30(37-32-35-28(18-41-32)25-13-5-9-20-7-1-3-11-23(20)25)22-15-16-27(34-17-22)31(40)38-33-36-29(19-42-33)26-14-6-10-21-8-2-4-12-24(21)26/h1-19H,(H,35,37,39)(H,36,38,40). The third-order valence-electron chi connectivity index (χ3n) is 6.84. The average molecular weight is 584 g/mol. The Labute approximate surface area is 248 Å². The summed E-state index contributed by atoms with van der Waals surface area (Å²) >= 11 is 2.70. The van der Waals surface area contributed by atoms with Crippen LogP contribution in [-0.4, -0.2) is 26.8 Å².